The summed E-state index contributed by atoms with van der Waals surface area (Å²) in [7, 11) is 0. The van der Waals surface area contributed by atoms with E-state index in [1.165, 1.54) is 11.3 Å². The van der Waals surface area contributed by atoms with Gasteiger partial charge in [-0.25, -0.2) is 4.98 Å². The molecule has 0 saturated heterocycles. The molecule has 0 N–H and O–H groups in total. The topological polar surface area (TPSA) is 52.0 Å². The van der Waals surface area contributed by atoms with E-state index in [1.807, 2.05) is 30.3 Å². The minimum Gasteiger partial charge on any atom is -0.288 e. The molecule has 0 aliphatic heterocycles. The first-order chi connectivity index (χ1) is 14.7. The van der Waals surface area contributed by atoms with E-state index in [-0.39, 0.29) is 17.1 Å². The van der Waals surface area contributed by atoms with Gasteiger partial charge in [-0.2, -0.15) is 0 Å². The Bertz CT molecular complexity index is 1450. The van der Waals surface area contributed by atoms with Crippen LogP contribution in [0.2, 0.25) is 0 Å². The highest BCUT2D eigenvalue weighted by Crippen LogP contribution is 2.35. The zero-order chi connectivity index (χ0) is 20.2. The third kappa shape index (κ3) is 2.36. The van der Waals surface area contributed by atoms with Crippen LogP contribution in [0.3, 0.4) is 0 Å². The van der Waals surface area contributed by atoms with E-state index in [9.17, 15) is 9.59 Å². The molecule has 1 aliphatic carbocycles. The van der Waals surface area contributed by atoms with Crippen LogP contribution >= 0.6 is 11.3 Å². The smallest absolute Gasteiger partial charge is 0.197 e. The van der Waals surface area contributed by atoms with Gasteiger partial charge in [0.1, 0.15) is 10.6 Å². The van der Waals surface area contributed by atoms with Gasteiger partial charge in [-0.15, -0.1) is 11.3 Å². The summed E-state index contributed by atoms with van der Waals surface area (Å²) in [6, 6.07) is 23.2. The van der Waals surface area contributed by atoms with E-state index >= 15 is 0 Å². The summed E-state index contributed by atoms with van der Waals surface area (Å²) in [6.07, 6.45) is 3.50. The van der Waals surface area contributed by atoms with Crippen LogP contribution in [0.25, 0.3) is 33.0 Å². The summed E-state index contributed by atoms with van der Waals surface area (Å²) in [5.41, 5.74) is 3.16. The molecule has 142 valence electrons. The minimum absolute atomic E-state index is 0.205. The second-order valence-electron chi connectivity index (χ2n) is 7.16. The van der Waals surface area contributed by atoms with Gasteiger partial charge < -0.3 is 0 Å². The predicted molar refractivity (Wildman–Crippen MR) is 120 cm³/mol. The number of Topliss-reactive ketones (excluding diaryl/α,β-unsaturated/α-hetero) is 2. The van der Waals surface area contributed by atoms with Crippen LogP contribution in [0.1, 0.15) is 25.6 Å². The van der Waals surface area contributed by atoms with Crippen molar-refractivity contribution in [3.63, 3.8) is 0 Å². The van der Waals surface area contributed by atoms with Crippen molar-refractivity contribution < 1.29 is 9.59 Å². The average Bonchev–Trinajstić information content (AvgIpc) is 3.44. The van der Waals surface area contributed by atoms with Crippen molar-refractivity contribution in [1.29, 1.82) is 0 Å². The number of carbonyl (C=O) groups excluding carboxylic acids is 2. The van der Waals surface area contributed by atoms with Crippen molar-refractivity contribution in [2.75, 3.05) is 0 Å². The van der Waals surface area contributed by atoms with Crippen LogP contribution in [0.15, 0.2) is 84.6 Å². The molecule has 5 aromatic rings. The Morgan fingerprint density at radius 1 is 0.767 bits per heavy atom. The van der Waals surface area contributed by atoms with E-state index in [1.54, 1.807) is 36.5 Å². The Morgan fingerprint density at radius 3 is 2.27 bits per heavy atom. The summed E-state index contributed by atoms with van der Waals surface area (Å²) in [4.78, 5) is 30.9. The third-order valence-corrected chi connectivity index (χ3v) is 6.48. The quantitative estimate of drug-likeness (QED) is 0.279. The lowest BCUT2D eigenvalue weighted by Gasteiger charge is -2.02. The summed E-state index contributed by atoms with van der Waals surface area (Å²) in [5.74, 6) is -0.409. The fraction of sp³-hybridized carbons (Fsp3) is 0. The fourth-order valence-electron chi connectivity index (χ4n) is 4.10. The van der Waals surface area contributed by atoms with Crippen molar-refractivity contribution in [1.82, 2.24) is 9.55 Å². The second kappa shape index (κ2) is 6.34. The molecular weight excluding hydrogens is 392 g/mol. The Balaban J connectivity index is 1.49. The molecule has 6 rings (SSSR count). The molecule has 30 heavy (non-hydrogen) atoms. The largest absolute Gasteiger partial charge is 0.288 e. The van der Waals surface area contributed by atoms with Crippen molar-refractivity contribution in [2.24, 2.45) is 0 Å². The number of carbonyl (C=O) groups is 2. The van der Waals surface area contributed by atoms with Gasteiger partial charge in [0.25, 0.3) is 0 Å². The first-order valence-electron chi connectivity index (χ1n) is 9.57. The van der Waals surface area contributed by atoms with Crippen LogP contribution < -0.4 is 0 Å². The minimum atomic E-state index is -0.205. The molecule has 0 spiro atoms. The normalized spacial score (nSPS) is 13.4. The molecule has 0 saturated carbocycles. The van der Waals surface area contributed by atoms with Crippen LogP contribution in [0.5, 0.6) is 0 Å². The Morgan fingerprint density at radius 2 is 1.47 bits per heavy atom. The number of benzene rings is 2. The lowest BCUT2D eigenvalue weighted by atomic mass is 10.1. The zero-order valence-corrected chi connectivity index (χ0v) is 16.5. The van der Waals surface area contributed by atoms with Crippen molar-refractivity contribution in [3.05, 3.63) is 101 Å². The van der Waals surface area contributed by atoms with Gasteiger partial charge in [0.15, 0.2) is 11.6 Å². The maximum absolute atomic E-state index is 12.7. The molecule has 3 aromatic heterocycles. The van der Waals surface area contributed by atoms with Gasteiger partial charge in [-0.05, 0) is 36.4 Å². The van der Waals surface area contributed by atoms with E-state index in [2.05, 4.69) is 27.8 Å². The summed E-state index contributed by atoms with van der Waals surface area (Å²) >= 11 is 1.53. The molecule has 3 heterocycles. The van der Waals surface area contributed by atoms with Gasteiger partial charge in [-0.1, -0.05) is 42.5 Å². The lowest BCUT2D eigenvalue weighted by Crippen LogP contribution is -1.99. The summed E-state index contributed by atoms with van der Waals surface area (Å²) in [5, 5.41) is 3.23. The maximum Gasteiger partial charge on any atom is 0.197 e. The van der Waals surface area contributed by atoms with Crippen LogP contribution in [-0.4, -0.2) is 21.1 Å². The van der Waals surface area contributed by atoms with Gasteiger partial charge in [0.2, 0.25) is 0 Å². The SMILES string of the molecule is O=C1C(=Cc2ccc(-n3c4ccccc4c4cccnc43)s2)C(=O)c2ccccc21. The highest BCUT2D eigenvalue weighted by Gasteiger charge is 2.32. The maximum atomic E-state index is 12.7. The lowest BCUT2D eigenvalue weighted by molar-refractivity contribution is 0.0990. The first-order valence-corrected chi connectivity index (χ1v) is 10.4. The van der Waals surface area contributed by atoms with Crippen LogP contribution in [0.4, 0.5) is 0 Å². The Kier molecular flexibility index (Phi) is 3.60. The second-order valence-corrected chi connectivity index (χ2v) is 8.26. The predicted octanol–water partition coefficient (Wildman–Crippen LogP) is 5.70. The molecule has 5 heteroatoms. The van der Waals surface area contributed by atoms with E-state index in [0.717, 1.165) is 31.8 Å². The van der Waals surface area contributed by atoms with E-state index in [0.29, 0.717) is 11.1 Å². The standard InChI is InChI=1S/C25H14N2O2S/c28-23-17-7-1-2-8-18(17)24(29)20(23)14-15-11-12-22(30-15)27-21-10-4-3-6-16(21)19-9-5-13-26-25(19)27/h1-14H. The Hall–Kier alpha value is -3.83. The molecule has 0 radical (unpaired) electrons. The number of rotatable bonds is 2. The van der Waals surface area contributed by atoms with Crippen molar-refractivity contribution in [2.45, 2.75) is 0 Å². The number of nitrogens with zero attached hydrogens (tertiary/aromatic N) is 2. The number of hydrogen-bond donors (Lipinski definition) is 0. The van der Waals surface area contributed by atoms with Gasteiger partial charge in [0, 0.05) is 33.0 Å². The number of allylic oxidation sites excluding steroid dienone is 1. The number of para-hydroxylation sites is 1. The van der Waals surface area contributed by atoms with Gasteiger partial charge in [0.05, 0.1) is 11.1 Å². The molecule has 0 amide bonds. The third-order valence-electron chi connectivity index (χ3n) is 5.46. The van der Waals surface area contributed by atoms with E-state index in [4.69, 9.17) is 0 Å². The number of thiophene rings is 1. The molecule has 0 unspecified atom stereocenters. The molecule has 1 aliphatic rings. The number of fused-ring (bicyclic) bond motifs is 4. The molecule has 4 nitrogen and oxygen atoms in total. The van der Waals surface area contributed by atoms with Crippen molar-refractivity contribution >= 4 is 50.9 Å². The van der Waals surface area contributed by atoms with Crippen LogP contribution in [-0.2, 0) is 0 Å². The monoisotopic (exact) mass is 406 g/mol. The van der Waals surface area contributed by atoms with E-state index < -0.39 is 0 Å². The highest BCUT2D eigenvalue weighted by atomic mass is 32.1. The molecule has 2 aromatic carbocycles. The molecule has 0 fully saturated rings. The molecule has 0 bridgehead atoms. The molecule has 0 atom stereocenters. The number of pyridine rings is 1. The fourth-order valence-corrected chi connectivity index (χ4v) is 5.07. The van der Waals surface area contributed by atoms with Crippen LogP contribution in [0, 0.1) is 0 Å². The molecular formula is C25H14N2O2S. The van der Waals surface area contributed by atoms with Crippen molar-refractivity contribution in [3.8, 4) is 5.00 Å². The average molecular weight is 406 g/mol. The van der Waals surface area contributed by atoms with Gasteiger partial charge >= 0.3 is 0 Å². The number of aromatic nitrogens is 2. The Labute approximate surface area is 175 Å². The van der Waals surface area contributed by atoms with Gasteiger partial charge in [-0.3, -0.25) is 14.2 Å². The first kappa shape index (κ1) is 17.1. The zero-order valence-electron chi connectivity index (χ0n) is 15.7. The summed E-state index contributed by atoms with van der Waals surface area (Å²) in [6.45, 7) is 0. The highest BCUT2D eigenvalue weighted by molar-refractivity contribution is 7.15. The number of ketones is 2. The summed E-state index contributed by atoms with van der Waals surface area (Å²) < 4.78 is 2.13. The number of hydrogen-bond acceptors (Lipinski definition) is 4.